The van der Waals surface area contributed by atoms with Gasteiger partial charge in [-0.3, -0.25) is 0 Å². The zero-order valence-electron chi connectivity index (χ0n) is 11.3. The van der Waals surface area contributed by atoms with Crippen molar-refractivity contribution in [3.05, 3.63) is 28.8 Å². The van der Waals surface area contributed by atoms with Gasteiger partial charge in [-0.2, -0.15) is 9.57 Å². The molecule has 1 saturated carbocycles. The van der Waals surface area contributed by atoms with Gasteiger partial charge in [-0.25, -0.2) is 8.42 Å². The van der Waals surface area contributed by atoms with Crippen LogP contribution in [0.25, 0.3) is 0 Å². The van der Waals surface area contributed by atoms with Crippen LogP contribution in [-0.4, -0.2) is 25.3 Å². The number of nitriles is 1. The smallest absolute Gasteiger partial charge is 0.207 e. The number of hydrogen-bond donors (Lipinski definition) is 0. The normalized spacial score (nSPS) is 15.3. The Morgan fingerprint density at radius 3 is 2.65 bits per heavy atom. The molecule has 20 heavy (non-hydrogen) atoms. The van der Waals surface area contributed by atoms with Gasteiger partial charge >= 0.3 is 0 Å². The first kappa shape index (κ1) is 15.3. The Morgan fingerprint density at radius 1 is 1.45 bits per heavy atom. The fraction of sp³-hybridized carbons (Fsp3) is 0.500. The van der Waals surface area contributed by atoms with Crippen LogP contribution in [0.3, 0.4) is 0 Å². The van der Waals surface area contributed by atoms with Gasteiger partial charge < -0.3 is 0 Å². The van der Waals surface area contributed by atoms with Crippen molar-refractivity contribution in [2.75, 3.05) is 6.54 Å². The van der Waals surface area contributed by atoms with E-state index in [9.17, 15) is 8.42 Å². The molecule has 0 spiro atoms. The van der Waals surface area contributed by atoms with E-state index in [1.807, 2.05) is 13.0 Å². The van der Waals surface area contributed by atoms with E-state index < -0.39 is 10.0 Å². The summed E-state index contributed by atoms with van der Waals surface area (Å²) in [5, 5.41) is 9.02. The van der Waals surface area contributed by atoms with Crippen LogP contribution in [-0.2, 0) is 10.0 Å². The molecule has 1 aromatic carbocycles. The molecule has 0 amide bonds. The lowest BCUT2D eigenvalue weighted by molar-refractivity contribution is 0.395. The van der Waals surface area contributed by atoms with Crippen molar-refractivity contribution in [1.29, 1.82) is 5.26 Å². The molecule has 0 atom stereocenters. The first-order valence-corrected chi connectivity index (χ1v) is 8.54. The largest absolute Gasteiger partial charge is 0.243 e. The van der Waals surface area contributed by atoms with Crippen LogP contribution in [0, 0.1) is 11.3 Å². The molecule has 108 valence electrons. The van der Waals surface area contributed by atoms with Crippen LogP contribution >= 0.6 is 11.6 Å². The van der Waals surface area contributed by atoms with E-state index in [4.69, 9.17) is 16.9 Å². The zero-order valence-corrected chi connectivity index (χ0v) is 12.9. The van der Waals surface area contributed by atoms with Gasteiger partial charge in [-0.05, 0) is 37.5 Å². The predicted molar refractivity (Wildman–Crippen MR) is 78.0 cm³/mol. The molecule has 2 rings (SSSR count). The summed E-state index contributed by atoms with van der Waals surface area (Å²) in [7, 11) is -3.52. The van der Waals surface area contributed by atoms with Gasteiger partial charge in [-0.1, -0.05) is 24.9 Å². The van der Waals surface area contributed by atoms with Crippen molar-refractivity contribution in [3.8, 4) is 6.07 Å². The summed E-state index contributed by atoms with van der Waals surface area (Å²) in [5.41, 5.74) is 0.289. The monoisotopic (exact) mass is 312 g/mol. The molecule has 0 heterocycles. The van der Waals surface area contributed by atoms with Crippen molar-refractivity contribution in [3.63, 3.8) is 0 Å². The molecule has 1 fully saturated rings. The van der Waals surface area contributed by atoms with Crippen molar-refractivity contribution < 1.29 is 8.42 Å². The number of rotatable bonds is 6. The number of benzene rings is 1. The fourth-order valence-electron chi connectivity index (χ4n) is 2.06. The third kappa shape index (κ3) is 3.14. The molecule has 0 aliphatic heterocycles. The number of halogens is 1. The third-order valence-electron chi connectivity index (χ3n) is 3.35. The van der Waals surface area contributed by atoms with Crippen LogP contribution in [0.5, 0.6) is 0 Å². The minimum absolute atomic E-state index is 0.126. The maximum absolute atomic E-state index is 12.7. The third-order valence-corrected chi connectivity index (χ3v) is 5.61. The maximum Gasteiger partial charge on any atom is 0.243 e. The lowest BCUT2D eigenvalue weighted by Gasteiger charge is -2.21. The summed E-state index contributed by atoms with van der Waals surface area (Å²) in [6, 6.07) is 6.35. The maximum atomic E-state index is 12.7. The van der Waals surface area contributed by atoms with Crippen LogP contribution in [0.4, 0.5) is 0 Å². The SMILES string of the molecule is CCCCN(C1CC1)S(=O)(=O)c1ccc(C#N)c(Cl)c1. The van der Waals surface area contributed by atoms with Gasteiger partial charge in [0.25, 0.3) is 0 Å². The Kier molecular flexibility index (Phi) is 4.69. The van der Waals surface area contributed by atoms with Crippen LogP contribution in [0.1, 0.15) is 38.2 Å². The van der Waals surface area contributed by atoms with E-state index in [-0.39, 0.29) is 21.5 Å². The first-order valence-electron chi connectivity index (χ1n) is 6.72. The standard InChI is InChI=1S/C14H17ClN2O2S/c1-2-3-8-17(12-5-6-12)20(18,19)13-7-4-11(10-16)14(15)9-13/h4,7,9,12H,2-3,5-6,8H2,1H3. The molecule has 1 aromatic rings. The van der Waals surface area contributed by atoms with Gasteiger partial charge in [0.05, 0.1) is 15.5 Å². The summed E-state index contributed by atoms with van der Waals surface area (Å²) >= 11 is 5.93. The molecule has 1 aliphatic rings. The van der Waals surface area contributed by atoms with E-state index in [0.717, 1.165) is 25.7 Å². The summed E-state index contributed by atoms with van der Waals surface area (Å²) in [4.78, 5) is 0.171. The number of sulfonamides is 1. The lowest BCUT2D eigenvalue weighted by atomic mass is 10.2. The van der Waals surface area contributed by atoms with E-state index in [1.165, 1.54) is 18.2 Å². The minimum atomic E-state index is -3.52. The second-order valence-electron chi connectivity index (χ2n) is 4.95. The Hall–Kier alpha value is -1.09. The van der Waals surface area contributed by atoms with E-state index in [1.54, 1.807) is 4.31 Å². The molecule has 0 bridgehead atoms. The molecule has 0 N–H and O–H groups in total. The summed E-state index contributed by atoms with van der Waals surface area (Å²) in [6.45, 7) is 2.58. The van der Waals surface area contributed by atoms with Gasteiger partial charge in [-0.15, -0.1) is 0 Å². The van der Waals surface area contributed by atoms with Crippen LogP contribution < -0.4 is 0 Å². The van der Waals surface area contributed by atoms with E-state index in [0.29, 0.717) is 6.54 Å². The second-order valence-corrected chi connectivity index (χ2v) is 7.25. The highest BCUT2D eigenvalue weighted by molar-refractivity contribution is 7.89. The molecule has 0 radical (unpaired) electrons. The topological polar surface area (TPSA) is 61.2 Å². The Bertz CT molecular complexity index is 633. The highest BCUT2D eigenvalue weighted by Crippen LogP contribution is 2.33. The lowest BCUT2D eigenvalue weighted by Crippen LogP contribution is -2.34. The Morgan fingerprint density at radius 2 is 2.15 bits per heavy atom. The highest BCUT2D eigenvalue weighted by atomic mass is 35.5. The molecular formula is C14H17ClN2O2S. The fourth-order valence-corrected chi connectivity index (χ4v) is 4.10. The van der Waals surface area contributed by atoms with Crippen molar-refractivity contribution in [2.24, 2.45) is 0 Å². The molecule has 6 heteroatoms. The number of unbranched alkanes of at least 4 members (excludes halogenated alkanes) is 1. The van der Waals surface area contributed by atoms with E-state index >= 15 is 0 Å². The molecule has 4 nitrogen and oxygen atoms in total. The highest BCUT2D eigenvalue weighted by Gasteiger charge is 2.37. The van der Waals surface area contributed by atoms with Crippen molar-refractivity contribution >= 4 is 21.6 Å². The predicted octanol–water partition coefficient (Wildman–Crippen LogP) is 3.16. The average molecular weight is 313 g/mol. The quantitative estimate of drug-likeness (QED) is 0.810. The van der Waals surface area contributed by atoms with Gasteiger partial charge in [0.15, 0.2) is 0 Å². The second kappa shape index (κ2) is 6.13. The van der Waals surface area contributed by atoms with Gasteiger partial charge in [0.1, 0.15) is 6.07 Å². The Balaban J connectivity index is 2.32. The average Bonchev–Trinajstić information content (AvgIpc) is 3.23. The zero-order chi connectivity index (χ0) is 14.8. The number of nitrogens with zero attached hydrogens (tertiary/aromatic N) is 2. The summed E-state index contributed by atoms with van der Waals surface area (Å²) in [5.74, 6) is 0. The van der Waals surface area contributed by atoms with Gasteiger partial charge in [0.2, 0.25) is 10.0 Å². The number of hydrogen-bond acceptors (Lipinski definition) is 3. The molecule has 0 unspecified atom stereocenters. The van der Waals surface area contributed by atoms with Crippen molar-refractivity contribution in [2.45, 2.75) is 43.5 Å². The minimum Gasteiger partial charge on any atom is -0.207 e. The van der Waals surface area contributed by atoms with Crippen molar-refractivity contribution in [1.82, 2.24) is 4.31 Å². The molecular weight excluding hydrogens is 296 g/mol. The van der Waals surface area contributed by atoms with Crippen LogP contribution in [0.2, 0.25) is 5.02 Å². The van der Waals surface area contributed by atoms with Gasteiger partial charge in [0, 0.05) is 12.6 Å². The van der Waals surface area contributed by atoms with Crippen LogP contribution in [0.15, 0.2) is 23.1 Å². The molecule has 0 saturated heterocycles. The summed E-state index contributed by atoms with van der Waals surface area (Å²) in [6.07, 6.45) is 3.65. The molecule has 1 aliphatic carbocycles. The van der Waals surface area contributed by atoms with E-state index in [2.05, 4.69) is 0 Å². The summed E-state index contributed by atoms with van der Waals surface area (Å²) < 4.78 is 26.9. The Labute approximate surface area is 125 Å². The molecule has 0 aromatic heterocycles. The first-order chi connectivity index (χ1) is 9.50.